The Bertz CT molecular complexity index is 753. The van der Waals surface area contributed by atoms with Gasteiger partial charge in [-0.2, -0.15) is 5.10 Å². The highest BCUT2D eigenvalue weighted by Crippen LogP contribution is 2.27. The molecule has 0 aliphatic rings. The number of nitrogens with zero attached hydrogens (tertiary/aromatic N) is 2. The lowest BCUT2D eigenvalue weighted by molar-refractivity contribution is 0.0942. The van der Waals surface area contributed by atoms with E-state index in [1.54, 1.807) is 25.1 Å². The molecule has 0 aliphatic heterocycles. The summed E-state index contributed by atoms with van der Waals surface area (Å²) in [6.45, 7) is 1.80. The highest BCUT2D eigenvalue weighted by Gasteiger charge is 2.16. The van der Waals surface area contributed by atoms with Gasteiger partial charge in [0.25, 0.3) is 5.91 Å². The Kier molecular flexibility index (Phi) is 3.19. The number of hydrogen-bond acceptors (Lipinski definition) is 4. The third-order valence-electron chi connectivity index (χ3n) is 2.92. The van der Waals surface area contributed by atoms with Crippen LogP contribution in [0.3, 0.4) is 0 Å². The summed E-state index contributed by atoms with van der Waals surface area (Å²) in [7, 11) is 0. The molecule has 1 aromatic carbocycles. The minimum atomic E-state index is -0.318. The first-order valence-corrected chi connectivity index (χ1v) is 6.81. The quantitative estimate of drug-likeness (QED) is 0.779. The largest absolute Gasteiger partial charge is 0.342 e. The number of H-pyrrole nitrogens is 1. The first-order valence-electron chi connectivity index (χ1n) is 5.99. The van der Waals surface area contributed by atoms with Crippen molar-refractivity contribution >= 4 is 27.3 Å². The number of benzene rings is 1. The number of aromatic amines is 1. The summed E-state index contributed by atoms with van der Waals surface area (Å²) in [5, 5.41) is 9.69. The van der Waals surface area contributed by atoms with E-state index < -0.39 is 0 Å². The molecule has 3 rings (SSSR count). The van der Waals surface area contributed by atoms with Gasteiger partial charge in [-0.25, -0.2) is 9.37 Å². The Labute approximate surface area is 117 Å². The number of aromatic nitrogens is 3. The van der Waals surface area contributed by atoms with E-state index >= 15 is 0 Å². The number of rotatable bonds is 3. The van der Waals surface area contributed by atoms with Gasteiger partial charge in [-0.05, 0) is 25.1 Å². The molecule has 7 heteroatoms. The number of halogens is 1. The molecule has 0 fully saturated rings. The molecule has 3 aromatic rings. The van der Waals surface area contributed by atoms with Crippen LogP contribution in [0, 0.1) is 5.82 Å². The van der Waals surface area contributed by atoms with Crippen LogP contribution in [0.5, 0.6) is 0 Å². The molecule has 0 aliphatic carbocycles. The minimum Gasteiger partial charge on any atom is -0.342 e. The molecule has 102 valence electrons. The molecule has 0 radical (unpaired) electrons. The van der Waals surface area contributed by atoms with Gasteiger partial charge in [-0.1, -0.05) is 6.07 Å². The summed E-state index contributed by atoms with van der Waals surface area (Å²) < 4.78 is 14.4. The van der Waals surface area contributed by atoms with Crippen LogP contribution in [0.25, 0.3) is 10.1 Å². The first kappa shape index (κ1) is 12.7. The smallest absolute Gasteiger partial charge is 0.261 e. The van der Waals surface area contributed by atoms with Crippen LogP contribution in [0.4, 0.5) is 4.39 Å². The maximum atomic E-state index is 13.6. The monoisotopic (exact) mass is 290 g/mol. The molecular formula is C13H11FN4OS. The first-order chi connectivity index (χ1) is 9.65. The number of amides is 1. The lowest BCUT2D eigenvalue weighted by Crippen LogP contribution is -2.26. The van der Waals surface area contributed by atoms with Crippen LogP contribution in [-0.2, 0) is 0 Å². The Hall–Kier alpha value is -2.28. The molecule has 20 heavy (non-hydrogen) atoms. The van der Waals surface area contributed by atoms with Gasteiger partial charge in [-0.3, -0.25) is 9.89 Å². The van der Waals surface area contributed by atoms with E-state index in [2.05, 4.69) is 20.5 Å². The second kappa shape index (κ2) is 5.01. The summed E-state index contributed by atoms with van der Waals surface area (Å²) in [4.78, 5) is 16.6. The molecule has 1 atom stereocenters. The Morgan fingerprint density at radius 3 is 3.05 bits per heavy atom. The fourth-order valence-electron chi connectivity index (χ4n) is 1.90. The van der Waals surface area contributed by atoms with Crippen LogP contribution in [0.15, 0.2) is 30.6 Å². The Balaban J connectivity index is 1.84. The van der Waals surface area contributed by atoms with Crippen molar-refractivity contribution in [3.63, 3.8) is 0 Å². The van der Waals surface area contributed by atoms with Gasteiger partial charge in [-0.15, -0.1) is 11.3 Å². The Morgan fingerprint density at radius 1 is 1.50 bits per heavy atom. The number of nitrogens with one attached hydrogen (secondary N) is 2. The van der Waals surface area contributed by atoms with Gasteiger partial charge < -0.3 is 5.32 Å². The van der Waals surface area contributed by atoms with Crippen LogP contribution in [0.1, 0.15) is 28.5 Å². The molecular weight excluding hydrogens is 279 g/mol. The van der Waals surface area contributed by atoms with Crippen LogP contribution in [0.2, 0.25) is 0 Å². The van der Waals surface area contributed by atoms with Crippen molar-refractivity contribution in [1.29, 1.82) is 0 Å². The van der Waals surface area contributed by atoms with Crippen molar-refractivity contribution < 1.29 is 9.18 Å². The molecule has 1 unspecified atom stereocenters. The average Bonchev–Trinajstić information content (AvgIpc) is 3.08. The summed E-state index contributed by atoms with van der Waals surface area (Å²) in [6, 6.07) is 6.08. The highest BCUT2D eigenvalue weighted by atomic mass is 32.1. The van der Waals surface area contributed by atoms with Crippen molar-refractivity contribution in [1.82, 2.24) is 20.5 Å². The van der Waals surface area contributed by atoms with E-state index in [1.165, 1.54) is 23.7 Å². The Morgan fingerprint density at radius 2 is 2.35 bits per heavy atom. The van der Waals surface area contributed by atoms with E-state index in [0.717, 1.165) is 4.70 Å². The number of carbonyl (C=O) groups excluding carboxylic acids is 1. The standard InChI is InChI=1S/C13H11FN4OS/c1-7(12-15-6-16-18-12)17-13(19)11-5-8-9(14)3-2-4-10(8)20-11/h2-7H,1H3,(H,17,19)(H,15,16,18). The molecule has 1 amide bonds. The summed E-state index contributed by atoms with van der Waals surface area (Å²) in [5.41, 5.74) is 0. The zero-order valence-corrected chi connectivity index (χ0v) is 11.4. The molecule has 0 bridgehead atoms. The third kappa shape index (κ3) is 2.27. The van der Waals surface area contributed by atoms with Gasteiger partial charge in [0.1, 0.15) is 18.0 Å². The van der Waals surface area contributed by atoms with E-state index in [9.17, 15) is 9.18 Å². The van der Waals surface area contributed by atoms with Crippen molar-refractivity contribution in [2.45, 2.75) is 13.0 Å². The second-order valence-corrected chi connectivity index (χ2v) is 5.41. The zero-order chi connectivity index (χ0) is 14.1. The maximum Gasteiger partial charge on any atom is 0.261 e. The van der Waals surface area contributed by atoms with E-state index in [-0.39, 0.29) is 17.8 Å². The van der Waals surface area contributed by atoms with Crippen LogP contribution >= 0.6 is 11.3 Å². The van der Waals surface area contributed by atoms with Crippen molar-refractivity contribution in [2.24, 2.45) is 0 Å². The number of carbonyl (C=O) groups is 1. The van der Waals surface area contributed by atoms with E-state index in [4.69, 9.17) is 0 Å². The van der Waals surface area contributed by atoms with Crippen molar-refractivity contribution in [2.75, 3.05) is 0 Å². The zero-order valence-electron chi connectivity index (χ0n) is 10.6. The molecule has 0 saturated heterocycles. The predicted molar refractivity (Wildman–Crippen MR) is 74.0 cm³/mol. The number of fused-ring (bicyclic) bond motifs is 1. The molecule has 2 N–H and O–H groups in total. The van der Waals surface area contributed by atoms with Crippen LogP contribution < -0.4 is 5.32 Å². The predicted octanol–water partition coefficient (Wildman–Crippen LogP) is 2.65. The molecule has 0 saturated carbocycles. The summed E-state index contributed by atoms with van der Waals surface area (Å²) in [6.07, 6.45) is 1.38. The molecule has 2 heterocycles. The summed E-state index contributed by atoms with van der Waals surface area (Å²) >= 11 is 1.26. The summed E-state index contributed by atoms with van der Waals surface area (Å²) in [5.74, 6) is 0.00113. The SMILES string of the molecule is CC(NC(=O)c1cc2c(F)cccc2s1)c1ncn[nH]1. The lowest BCUT2D eigenvalue weighted by Gasteiger charge is -2.09. The topological polar surface area (TPSA) is 70.7 Å². The van der Waals surface area contributed by atoms with Crippen molar-refractivity contribution in [3.8, 4) is 0 Å². The van der Waals surface area contributed by atoms with Gasteiger partial charge in [0.2, 0.25) is 0 Å². The number of thiophene rings is 1. The van der Waals surface area contributed by atoms with E-state index in [0.29, 0.717) is 16.1 Å². The van der Waals surface area contributed by atoms with Gasteiger partial charge in [0.05, 0.1) is 10.9 Å². The van der Waals surface area contributed by atoms with E-state index in [1.807, 2.05) is 0 Å². The molecule has 0 spiro atoms. The second-order valence-electron chi connectivity index (χ2n) is 4.33. The average molecular weight is 290 g/mol. The van der Waals surface area contributed by atoms with Crippen LogP contribution in [-0.4, -0.2) is 21.1 Å². The van der Waals surface area contributed by atoms with Gasteiger partial charge >= 0.3 is 0 Å². The normalized spacial score (nSPS) is 12.5. The van der Waals surface area contributed by atoms with Gasteiger partial charge in [0.15, 0.2) is 0 Å². The van der Waals surface area contributed by atoms with Gasteiger partial charge in [0, 0.05) is 10.1 Å². The minimum absolute atomic E-state index is 0.255. The lowest BCUT2D eigenvalue weighted by atomic mass is 10.2. The highest BCUT2D eigenvalue weighted by molar-refractivity contribution is 7.20. The maximum absolute atomic E-state index is 13.6. The molecule has 5 nitrogen and oxygen atoms in total. The fraction of sp³-hybridized carbons (Fsp3) is 0.154. The molecule has 2 aromatic heterocycles. The third-order valence-corrected chi connectivity index (χ3v) is 4.02. The fourth-order valence-corrected chi connectivity index (χ4v) is 2.88. The number of hydrogen-bond donors (Lipinski definition) is 2. The van der Waals surface area contributed by atoms with Crippen molar-refractivity contribution in [3.05, 3.63) is 47.1 Å².